The first-order valence-corrected chi connectivity index (χ1v) is 11.6. The molecular formula is C14H17F3O5S3. The fraction of sp³-hybridized carbons (Fsp3) is 0.500. The van der Waals surface area contributed by atoms with E-state index < -0.39 is 36.5 Å². The van der Waals surface area contributed by atoms with Crippen LogP contribution in [0.5, 0.6) is 0 Å². The molecule has 0 bridgehead atoms. The summed E-state index contributed by atoms with van der Waals surface area (Å²) in [7, 11) is -8.76. The molecule has 1 aromatic carbocycles. The summed E-state index contributed by atoms with van der Waals surface area (Å²) in [5.74, 6) is -0.433. The Morgan fingerprint density at radius 1 is 1.32 bits per heavy atom. The molecule has 1 aromatic rings. The van der Waals surface area contributed by atoms with E-state index in [0.717, 1.165) is 11.8 Å². The SMILES string of the molecule is CCOC(=O)C1SCCS1(Cc1ccccc1)OS(=O)(=O)C(F)(F)F. The zero-order valence-corrected chi connectivity index (χ0v) is 15.6. The van der Waals surface area contributed by atoms with Crippen molar-refractivity contribution in [3.05, 3.63) is 35.9 Å². The van der Waals surface area contributed by atoms with Gasteiger partial charge in [-0.1, -0.05) is 40.6 Å². The van der Waals surface area contributed by atoms with Gasteiger partial charge in [-0.25, -0.2) is 8.42 Å². The van der Waals surface area contributed by atoms with E-state index in [-0.39, 0.29) is 18.1 Å². The molecule has 1 saturated heterocycles. The molecule has 2 rings (SSSR count). The maximum Gasteiger partial charge on any atom is 0.523 e. The summed E-state index contributed by atoms with van der Waals surface area (Å²) in [5.41, 5.74) is -4.94. The van der Waals surface area contributed by atoms with E-state index in [9.17, 15) is 26.4 Å². The molecule has 2 unspecified atom stereocenters. The number of carbonyl (C=O) groups is 1. The molecule has 0 spiro atoms. The Balaban J connectivity index is 2.42. The van der Waals surface area contributed by atoms with Crippen molar-refractivity contribution in [3.8, 4) is 0 Å². The molecule has 0 radical (unpaired) electrons. The Labute approximate surface area is 149 Å². The van der Waals surface area contributed by atoms with Crippen LogP contribution >= 0.6 is 22.1 Å². The Morgan fingerprint density at radius 3 is 2.52 bits per heavy atom. The van der Waals surface area contributed by atoms with E-state index in [1.54, 1.807) is 37.3 Å². The predicted octanol–water partition coefficient (Wildman–Crippen LogP) is 3.41. The van der Waals surface area contributed by atoms with E-state index in [1.807, 2.05) is 0 Å². The van der Waals surface area contributed by atoms with E-state index >= 15 is 0 Å². The van der Waals surface area contributed by atoms with Gasteiger partial charge in [0.15, 0.2) is 4.58 Å². The molecule has 25 heavy (non-hydrogen) atoms. The van der Waals surface area contributed by atoms with Gasteiger partial charge in [0.05, 0.1) is 6.61 Å². The van der Waals surface area contributed by atoms with Crippen molar-refractivity contribution in [1.29, 1.82) is 0 Å². The first-order valence-electron chi connectivity index (χ1n) is 7.23. The van der Waals surface area contributed by atoms with Crippen LogP contribution in [0, 0.1) is 0 Å². The Kier molecular flexibility index (Phi) is 6.34. The second kappa shape index (κ2) is 7.77. The largest absolute Gasteiger partial charge is 0.523 e. The van der Waals surface area contributed by atoms with Crippen LogP contribution in [-0.4, -0.2) is 42.6 Å². The van der Waals surface area contributed by atoms with Crippen LogP contribution in [0.2, 0.25) is 0 Å². The molecule has 5 nitrogen and oxygen atoms in total. The van der Waals surface area contributed by atoms with Gasteiger partial charge in [0.2, 0.25) is 0 Å². The van der Waals surface area contributed by atoms with Crippen molar-refractivity contribution in [2.75, 3.05) is 18.1 Å². The zero-order valence-electron chi connectivity index (χ0n) is 13.2. The lowest BCUT2D eigenvalue weighted by Crippen LogP contribution is -2.33. The maximum absolute atomic E-state index is 12.8. The van der Waals surface area contributed by atoms with Gasteiger partial charge < -0.3 is 4.74 Å². The van der Waals surface area contributed by atoms with Crippen LogP contribution in [0.15, 0.2) is 30.3 Å². The summed E-state index contributed by atoms with van der Waals surface area (Å²) < 4.78 is 70.4. The number of halogens is 3. The van der Waals surface area contributed by atoms with E-state index in [2.05, 4.69) is 0 Å². The number of carbonyl (C=O) groups excluding carboxylic acids is 1. The van der Waals surface area contributed by atoms with Gasteiger partial charge in [-0.2, -0.15) is 21.6 Å². The Bertz CT molecular complexity index is 708. The summed E-state index contributed by atoms with van der Waals surface area (Å²) in [4.78, 5) is 12.2. The number of ether oxygens (including phenoxy) is 1. The molecule has 11 heteroatoms. The minimum absolute atomic E-state index is 0.0444. The van der Waals surface area contributed by atoms with Crippen molar-refractivity contribution >= 4 is 38.2 Å². The van der Waals surface area contributed by atoms with E-state index in [4.69, 9.17) is 8.37 Å². The first-order chi connectivity index (χ1) is 11.6. The highest BCUT2D eigenvalue weighted by molar-refractivity contribution is 8.41. The summed E-state index contributed by atoms with van der Waals surface area (Å²) in [5, 5.41) is 0. The number of hydrogen-bond donors (Lipinski definition) is 0. The molecule has 0 aliphatic carbocycles. The molecule has 0 amide bonds. The summed E-state index contributed by atoms with van der Waals surface area (Å²) in [6, 6.07) is 8.41. The molecule has 1 aliphatic heterocycles. The van der Waals surface area contributed by atoms with E-state index in [0.29, 0.717) is 11.3 Å². The average Bonchev–Trinajstić information content (AvgIpc) is 2.90. The lowest BCUT2D eigenvalue weighted by molar-refractivity contribution is -0.140. The van der Waals surface area contributed by atoms with Crippen LogP contribution in [0.4, 0.5) is 13.2 Å². The highest BCUT2D eigenvalue weighted by Gasteiger charge is 2.55. The smallest absolute Gasteiger partial charge is 0.465 e. The Hall–Kier alpha value is -0.910. The highest BCUT2D eigenvalue weighted by Crippen LogP contribution is 2.66. The van der Waals surface area contributed by atoms with Crippen molar-refractivity contribution in [2.45, 2.75) is 22.8 Å². The van der Waals surface area contributed by atoms with Gasteiger partial charge in [0.1, 0.15) is 0 Å². The van der Waals surface area contributed by atoms with Crippen molar-refractivity contribution < 1.29 is 34.7 Å². The highest BCUT2D eigenvalue weighted by atomic mass is 32.3. The van der Waals surface area contributed by atoms with Gasteiger partial charge in [-0.05, 0) is 12.5 Å². The van der Waals surface area contributed by atoms with Gasteiger partial charge in [0.25, 0.3) is 0 Å². The third-order valence-electron chi connectivity index (χ3n) is 3.33. The molecular weight excluding hydrogens is 401 g/mol. The second-order valence-corrected chi connectivity index (χ2v) is 11.5. The minimum atomic E-state index is -5.83. The number of rotatable bonds is 6. The van der Waals surface area contributed by atoms with Gasteiger partial charge in [0, 0.05) is 17.3 Å². The summed E-state index contributed by atoms with van der Waals surface area (Å²) in [6.45, 7) is 1.61. The second-order valence-electron chi connectivity index (χ2n) is 5.13. The average molecular weight is 418 g/mol. The molecule has 1 heterocycles. The van der Waals surface area contributed by atoms with Crippen LogP contribution in [-0.2, 0) is 29.0 Å². The van der Waals surface area contributed by atoms with Crippen molar-refractivity contribution in [3.63, 3.8) is 0 Å². The standard InChI is InChI=1S/C14H17F3O5S3/c1-2-21-12(18)13-23-8-9-24(13,10-11-6-4-3-5-7-11)22-25(19,20)14(15,16)17/h3-7,13H,2,8-10H2,1H3. The number of esters is 1. The topological polar surface area (TPSA) is 69.7 Å². The lowest BCUT2D eigenvalue weighted by Gasteiger charge is -2.37. The number of hydrogen-bond acceptors (Lipinski definition) is 6. The lowest BCUT2D eigenvalue weighted by atomic mass is 10.2. The third-order valence-corrected chi connectivity index (χ3v) is 11.0. The van der Waals surface area contributed by atoms with Crippen molar-refractivity contribution in [1.82, 2.24) is 0 Å². The van der Waals surface area contributed by atoms with Crippen LogP contribution in [0.25, 0.3) is 0 Å². The van der Waals surface area contributed by atoms with Gasteiger partial charge in [-0.15, -0.1) is 11.8 Å². The Morgan fingerprint density at radius 2 is 1.96 bits per heavy atom. The fourth-order valence-electron chi connectivity index (χ4n) is 2.30. The van der Waals surface area contributed by atoms with Crippen molar-refractivity contribution in [2.24, 2.45) is 0 Å². The fourth-order valence-corrected chi connectivity index (χ4v) is 10.5. The monoisotopic (exact) mass is 418 g/mol. The van der Waals surface area contributed by atoms with Crippen LogP contribution in [0.1, 0.15) is 12.5 Å². The normalized spacial score (nSPS) is 26.8. The quantitative estimate of drug-likeness (QED) is 0.521. The molecule has 0 N–H and O–H groups in total. The predicted molar refractivity (Wildman–Crippen MR) is 91.5 cm³/mol. The molecule has 0 aromatic heterocycles. The third kappa shape index (κ3) is 4.63. The zero-order chi connectivity index (χ0) is 18.7. The molecule has 2 atom stereocenters. The maximum atomic E-state index is 12.8. The molecule has 0 saturated carbocycles. The van der Waals surface area contributed by atoms with Crippen LogP contribution < -0.4 is 0 Å². The van der Waals surface area contributed by atoms with Gasteiger partial charge in [-0.3, -0.25) is 0 Å². The number of benzene rings is 1. The molecule has 1 fully saturated rings. The summed E-state index contributed by atoms with van der Waals surface area (Å²) >= 11 is 1.07. The molecule has 1 aliphatic rings. The van der Waals surface area contributed by atoms with E-state index in [1.165, 1.54) is 0 Å². The first kappa shape index (κ1) is 20.4. The summed E-state index contributed by atoms with van der Waals surface area (Å²) in [6.07, 6.45) is 0. The molecule has 142 valence electrons. The van der Waals surface area contributed by atoms with Crippen LogP contribution in [0.3, 0.4) is 0 Å². The van der Waals surface area contributed by atoms with Gasteiger partial charge >= 0.3 is 21.6 Å². The number of alkyl halides is 3. The number of thioether (sulfide) groups is 1. The minimum Gasteiger partial charge on any atom is -0.465 e.